The van der Waals surface area contributed by atoms with E-state index in [-0.39, 0.29) is 22.8 Å². The average molecular weight is 309 g/mol. The summed E-state index contributed by atoms with van der Waals surface area (Å²) in [6, 6.07) is 0.0375. The molecule has 114 valence electrons. The molecule has 6 heteroatoms. The predicted octanol–water partition coefficient (Wildman–Crippen LogP) is 1.79. The first-order valence-corrected chi connectivity index (χ1v) is 8.84. The highest BCUT2D eigenvalue weighted by atomic mass is 32.2. The van der Waals surface area contributed by atoms with Gasteiger partial charge in [0.25, 0.3) is 0 Å². The van der Waals surface area contributed by atoms with Crippen molar-refractivity contribution in [3.05, 3.63) is 35.3 Å². The fourth-order valence-electron chi connectivity index (χ4n) is 2.99. The normalized spacial score (nSPS) is 29.7. The second kappa shape index (κ2) is 5.77. The standard InChI is InChI=1S/C15H19NO4S/c17-15-9-6-11-10-13(7-8-14(11)20-15)21(18,19)16-12-4-2-1-3-5-12/h6-12,14,16H,1-5H2/t11-,14+/m1/s1. The average Bonchev–Trinajstić information content (AvgIpc) is 2.47. The third-order valence-corrected chi connectivity index (χ3v) is 5.67. The van der Waals surface area contributed by atoms with Crippen molar-refractivity contribution in [2.24, 2.45) is 5.92 Å². The molecule has 0 aromatic heterocycles. The van der Waals surface area contributed by atoms with E-state index in [0.717, 1.165) is 25.7 Å². The summed E-state index contributed by atoms with van der Waals surface area (Å²) in [5.74, 6) is -0.591. The molecule has 1 aliphatic heterocycles. The molecule has 0 aromatic carbocycles. The number of rotatable bonds is 3. The molecule has 0 aromatic rings. The van der Waals surface area contributed by atoms with E-state index in [2.05, 4.69) is 4.72 Å². The maximum Gasteiger partial charge on any atom is 0.331 e. The molecule has 0 saturated heterocycles. The maximum absolute atomic E-state index is 12.4. The van der Waals surface area contributed by atoms with Gasteiger partial charge in [-0.3, -0.25) is 0 Å². The molecule has 1 N–H and O–H groups in total. The molecule has 0 spiro atoms. The Kier molecular flexibility index (Phi) is 3.99. The van der Waals surface area contributed by atoms with E-state index >= 15 is 0 Å². The van der Waals surface area contributed by atoms with Gasteiger partial charge in [0.15, 0.2) is 0 Å². The van der Waals surface area contributed by atoms with Gasteiger partial charge >= 0.3 is 5.97 Å². The zero-order valence-electron chi connectivity index (χ0n) is 11.7. The summed E-state index contributed by atoms with van der Waals surface area (Å²) in [5, 5.41) is 0. The SMILES string of the molecule is O=C1C=C[C@@H]2C=C(S(=O)(=O)NC3CCCCC3)C=C[C@@H]2O1. The van der Waals surface area contributed by atoms with Crippen LogP contribution in [0.2, 0.25) is 0 Å². The smallest absolute Gasteiger partial charge is 0.331 e. The molecule has 1 fully saturated rings. The summed E-state index contributed by atoms with van der Waals surface area (Å²) in [4.78, 5) is 11.4. The van der Waals surface area contributed by atoms with Gasteiger partial charge in [-0.15, -0.1) is 0 Å². The summed E-state index contributed by atoms with van der Waals surface area (Å²) >= 11 is 0. The third kappa shape index (κ3) is 3.27. The van der Waals surface area contributed by atoms with Crippen molar-refractivity contribution in [3.8, 4) is 0 Å². The quantitative estimate of drug-likeness (QED) is 0.807. The minimum absolute atomic E-state index is 0.0375. The number of carbonyl (C=O) groups excluding carboxylic acids is 1. The number of carbonyl (C=O) groups is 1. The highest BCUT2D eigenvalue weighted by molar-refractivity contribution is 7.93. The minimum Gasteiger partial charge on any atom is -0.454 e. The van der Waals surface area contributed by atoms with Crippen LogP contribution in [-0.4, -0.2) is 26.5 Å². The molecule has 1 saturated carbocycles. The largest absolute Gasteiger partial charge is 0.454 e. The van der Waals surface area contributed by atoms with E-state index in [0.29, 0.717) is 0 Å². The Hall–Kier alpha value is -1.40. The van der Waals surface area contributed by atoms with Crippen molar-refractivity contribution in [1.29, 1.82) is 0 Å². The van der Waals surface area contributed by atoms with Crippen LogP contribution in [0.5, 0.6) is 0 Å². The van der Waals surface area contributed by atoms with Crippen molar-refractivity contribution in [2.75, 3.05) is 0 Å². The van der Waals surface area contributed by atoms with Crippen LogP contribution in [-0.2, 0) is 19.6 Å². The van der Waals surface area contributed by atoms with E-state index in [9.17, 15) is 13.2 Å². The van der Waals surface area contributed by atoms with Crippen molar-refractivity contribution < 1.29 is 17.9 Å². The Morgan fingerprint density at radius 3 is 2.62 bits per heavy atom. The zero-order valence-corrected chi connectivity index (χ0v) is 12.5. The van der Waals surface area contributed by atoms with E-state index in [4.69, 9.17) is 4.74 Å². The van der Waals surface area contributed by atoms with Gasteiger partial charge in [-0.2, -0.15) is 0 Å². The molecular formula is C15H19NO4S. The number of allylic oxidation sites excluding steroid dienone is 1. The second-order valence-corrected chi connectivity index (χ2v) is 7.44. The summed E-state index contributed by atoms with van der Waals surface area (Å²) in [7, 11) is -3.50. The van der Waals surface area contributed by atoms with Gasteiger partial charge in [-0.05, 0) is 25.0 Å². The van der Waals surface area contributed by atoms with Gasteiger partial charge in [-0.25, -0.2) is 17.9 Å². The molecule has 0 unspecified atom stereocenters. The topological polar surface area (TPSA) is 72.5 Å². The molecule has 2 atom stereocenters. The zero-order chi connectivity index (χ0) is 14.9. The number of fused-ring (bicyclic) bond motifs is 1. The number of esters is 1. The van der Waals surface area contributed by atoms with Gasteiger partial charge in [0.1, 0.15) is 6.10 Å². The molecule has 3 aliphatic rings. The van der Waals surface area contributed by atoms with Crippen LogP contribution in [0.3, 0.4) is 0 Å². The Morgan fingerprint density at radius 2 is 1.86 bits per heavy atom. The van der Waals surface area contributed by atoms with Gasteiger partial charge in [0, 0.05) is 18.0 Å². The van der Waals surface area contributed by atoms with Crippen molar-refractivity contribution >= 4 is 16.0 Å². The fraction of sp³-hybridized carbons (Fsp3) is 0.533. The number of hydrogen-bond acceptors (Lipinski definition) is 4. The first kappa shape index (κ1) is 14.5. The Morgan fingerprint density at radius 1 is 1.10 bits per heavy atom. The third-order valence-electron chi connectivity index (χ3n) is 4.13. The molecule has 21 heavy (non-hydrogen) atoms. The van der Waals surface area contributed by atoms with E-state index < -0.39 is 16.1 Å². The van der Waals surface area contributed by atoms with Gasteiger partial charge in [0.05, 0.1) is 4.91 Å². The van der Waals surface area contributed by atoms with Crippen LogP contribution in [0.4, 0.5) is 0 Å². The van der Waals surface area contributed by atoms with E-state index in [1.807, 2.05) is 0 Å². The van der Waals surface area contributed by atoms with Crippen molar-refractivity contribution in [2.45, 2.75) is 44.2 Å². The predicted molar refractivity (Wildman–Crippen MR) is 78.7 cm³/mol. The van der Waals surface area contributed by atoms with Crippen molar-refractivity contribution in [1.82, 2.24) is 4.72 Å². The fourth-order valence-corrected chi connectivity index (χ4v) is 4.40. The first-order valence-electron chi connectivity index (χ1n) is 7.36. The summed E-state index contributed by atoms with van der Waals surface area (Å²) in [5.41, 5.74) is 0. The van der Waals surface area contributed by atoms with Crippen LogP contribution in [0.15, 0.2) is 35.3 Å². The Balaban J connectivity index is 1.75. The van der Waals surface area contributed by atoms with Crippen LogP contribution in [0, 0.1) is 5.92 Å². The highest BCUT2D eigenvalue weighted by Gasteiger charge is 2.30. The van der Waals surface area contributed by atoms with Gasteiger partial charge < -0.3 is 4.74 Å². The van der Waals surface area contributed by atoms with E-state index in [1.165, 1.54) is 18.6 Å². The first-order chi connectivity index (χ1) is 10.0. The second-order valence-electron chi connectivity index (χ2n) is 5.72. The molecule has 5 nitrogen and oxygen atoms in total. The number of sulfonamides is 1. The lowest BCUT2D eigenvalue weighted by molar-refractivity contribution is -0.143. The van der Waals surface area contributed by atoms with Crippen LogP contribution >= 0.6 is 0 Å². The minimum atomic E-state index is -3.50. The van der Waals surface area contributed by atoms with Gasteiger partial charge in [-0.1, -0.05) is 31.4 Å². The lowest BCUT2D eigenvalue weighted by Gasteiger charge is -2.27. The monoisotopic (exact) mass is 309 g/mol. The molecule has 0 amide bonds. The Labute approximate surface area is 124 Å². The highest BCUT2D eigenvalue weighted by Crippen LogP contribution is 2.27. The molecule has 0 radical (unpaired) electrons. The van der Waals surface area contributed by atoms with Gasteiger partial charge in [0.2, 0.25) is 10.0 Å². The summed E-state index contributed by atoms with van der Waals surface area (Å²) in [6.45, 7) is 0. The lowest BCUT2D eigenvalue weighted by atomic mass is 9.95. The summed E-state index contributed by atoms with van der Waals surface area (Å²) < 4.78 is 32.8. The Bertz CT molecular complexity index is 612. The maximum atomic E-state index is 12.4. The molecule has 1 heterocycles. The number of hydrogen-bond donors (Lipinski definition) is 1. The number of ether oxygens (including phenoxy) is 1. The molecular weight excluding hydrogens is 290 g/mol. The van der Waals surface area contributed by atoms with Crippen LogP contribution in [0.1, 0.15) is 32.1 Å². The van der Waals surface area contributed by atoms with Crippen LogP contribution < -0.4 is 4.72 Å². The van der Waals surface area contributed by atoms with Crippen molar-refractivity contribution in [3.63, 3.8) is 0 Å². The van der Waals surface area contributed by atoms with E-state index in [1.54, 1.807) is 18.2 Å². The molecule has 0 bridgehead atoms. The van der Waals surface area contributed by atoms with Crippen LogP contribution in [0.25, 0.3) is 0 Å². The summed E-state index contributed by atoms with van der Waals surface area (Å²) in [6.07, 6.45) is 12.6. The lowest BCUT2D eigenvalue weighted by Crippen LogP contribution is -2.37. The molecule has 3 rings (SSSR count). The molecule has 2 aliphatic carbocycles. The number of nitrogens with one attached hydrogen (secondary N) is 1.